The molecule has 0 radical (unpaired) electrons. The van der Waals surface area contributed by atoms with E-state index in [1.807, 2.05) is 19.1 Å². The molecule has 2 aromatic carbocycles. The van der Waals surface area contributed by atoms with E-state index in [2.05, 4.69) is 43.3 Å². The quantitative estimate of drug-likeness (QED) is 0.153. The van der Waals surface area contributed by atoms with Gasteiger partial charge < -0.3 is 9.47 Å². The summed E-state index contributed by atoms with van der Waals surface area (Å²) >= 11 is 0. The van der Waals surface area contributed by atoms with Crippen LogP contribution in [0.4, 0.5) is 4.39 Å². The normalized spacial score (nSPS) is 18.2. The van der Waals surface area contributed by atoms with Crippen LogP contribution in [0.15, 0.2) is 48.5 Å². The van der Waals surface area contributed by atoms with Crippen LogP contribution in [0.25, 0.3) is 11.1 Å². The highest BCUT2D eigenvalue weighted by molar-refractivity contribution is 5.74. The molecule has 0 aromatic heterocycles. The molecule has 3 rings (SSSR count). The molecule has 2 aromatic rings. The van der Waals surface area contributed by atoms with Gasteiger partial charge in [0.25, 0.3) is 0 Å². The molecule has 0 amide bonds. The van der Waals surface area contributed by atoms with Gasteiger partial charge in [-0.1, -0.05) is 102 Å². The Kier molecular flexibility index (Phi) is 13.7. The molecule has 0 heterocycles. The van der Waals surface area contributed by atoms with Crippen molar-refractivity contribution < 1.29 is 18.7 Å². The first-order valence-electron chi connectivity index (χ1n) is 15.3. The summed E-state index contributed by atoms with van der Waals surface area (Å²) in [6, 6.07) is 17.3. The van der Waals surface area contributed by atoms with Crippen molar-refractivity contribution >= 4 is 5.97 Å². The first-order chi connectivity index (χ1) is 18.6. The zero-order chi connectivity index (χ0) is 27.0. The number of ether oxygens (including phenoxy) is 2. The van der Waals surface area contributed by atoms with Gasteiger partial charge in [-0.15, -0.1) is 0 Å². The molecule has 0 unspecified atom stereocenters. The predicted molar refractivity (Wildman–Crippen MR) is 155 cm³/mol. The van der Waals surface area contributed by atoms with Crippen molar-refractivity contribution in [2.24, 2.45) is 5.92 Å². The number of benzene rings is 2. The molecule has 0 saturated heterocycles. The molecule has 3 nitrogen and oxygen atoms in total. The predicted octanol–water partition coefficient (Wildman–Crippen LogP) is 9.66. The molecule has 0 aliphatic heterocycles. The summed E-state index contributed by atoms with van der Waals surface area (Å²) in [5.74, 6) is 0.643. The van der Waals surface area contributed by atoms with E-state index < -0.39 is 12.1 Å². The number of hydrogen-bond acceptors (Lipinski definition) is 3. The Labute approximate surface area is 230 Å². The number of carbonyl (C=O) groups excluding carboxylic acids is 1. The van der Waals surface area contributed by atoms with Gasteiger partial charge in [0.1, 0.15) is 11.9 Å². The molecule has 1 atom stereocenters. The van der Waals surface area contributed by atoms with E-state index in [9.17, 15) is 9.18 Å². The minimum absolute atomic E-state index is 0.153. The molecule has 1 saturated carbocycles. The van der Waals surface area contributed by atoms with E-state index in [4.69, 9.17) is 9.47 Å². The molecule has 1 fully saturated rings. The average molecular weight is 525 g/mol. The van der Waals surface area contributed by atoms with E-state index in [1.54, 1.807) is 0 Å². The number of carbonyl (C=O) groups is 1. The third-order valence-electron chi connectivity index (χ3n) is 7.84. The van der Waals surface area contributed by atoms with E-state index in [1.165, 1.54) is 68.1 Å². The van der Waals surface area contributed by atoms with Crippen molar-refractivity contribution in [2.45, 2.75) is 122 Å². The Hall–Kier alpha value is -2.36. The maximum Gasteiger partial charge on any atom is 0.340 e. The first kappa shape index (κ1) is 30.2. The lowest BCUT2D eigenvalue weighted by Crippen LogP contribution is -2.30. The molecule has 38 heavy (non-hydrogen) atoms. The van der Waals surface area contributed by atoms with Crippen molar-refractivity contribution in [3.8, 4) is 16.9 Å². The number of unbranched alkanes of at least 4 members (excludes halogenated alkanes) is 7. The second kappa shape index (κ2) is 17.3. The number of rotatable bonds is 17. The van der Waals surface area contributed by atoms with E-state index in [0.29, 0.717) is 18.9 Å². The van der Waals surface area contributed by atoms with Crippen molar-refractivity contribution in [1.82, 2.24) is 0 Å². The van der Waals surface area contributed by atoms with Crippen molar-refractivity contribution in [1.29, 1.82) is 0 Å². The van der Waals surface area contributed by atoms with Crippen LogP contribution in [-0.2, 0) is 16.0 Å². The van der Waals surface area contributed by atoms with Gasteiger partial charge in [-0.3, -0.25) is 0 Å². The highest BCUT2D eigenvalue weighted by Crippen LogP contribution is 2.29. The lowest BCUT2D eigenvalue weighted by molar-refractivity contribution is -0.157. The van der Waals surface area contributed by atoms with E-state index in [0.717, 1.165) is 37.9 Å². The van der Waals surface area contributed by atoms with Crippen LogP contribution in [0.5, 0.6) is 5.75 Å². The van der Waals surface area contributed by atoms with E-state index in [-0.39, 0.29) is 12.5 Å². The van der Waals surface area contributed by atoms with Crippen molar-refractivity contribution in [3.63, 3.8) is 0 Å². The molecule has 210 valence electrons. The zero-order valence-corrected chi connectivity index (χ0v) is 23.8. The number of alkyl halides is 1. The average Bonchev–Trinajstić information content (AvgIpc) is 2.95. The Morgan fingerprint density at radius 1 is 0.789 bits per heavy atom. The van der Waals surface area contributed by atoms with Gasteiger partial charge in [0.2, 0.25) is 0 Å². The summed E-state index contributed by atoms with van der Waals surface area (Å²) in [6.07, 6.45) is 14.3. The largest absolute Gasteiger partial charge is 0.493 e. The fraction of sp³-hybridized carbons (Fsp3) is 0.618. The Balaban J connectivity index is 1.33. The lowest BCUT2D eigenvalue weighted by atomic mass is 9.88. The molecule has 4 heteroatoms. The molecule has 1 aliphatic carbocycles. The number of halogens is 1. The lowest BCUT2D eigenvalue weighted by Gasteiger charge is -2.28. The SMILES string of the molecule is CCCCCCCCCc1ccc(-c2ccc(OC[C@H]3CC[C@H](OC(=O)[C@@H](F)CCCC)CC3)cc2)cc1. The summed E-state index contributed by atoms with van der Waals surface area (Å²) in [5, 5.41) is 0. The summed E-state index contributed by atoms with van der Waals surface area (Å²) < 4.78 is 25.4. The van der Waals surface area contributed by atoms with Crippen LogP contribution in [0.2, 0.25) is 0 Å². The minimum Gasteiger partial charge on any atom is -0.493 e. The van der Waals surface area contributed by atoms with Crippen LogP contribution >= 0.6 is 0 Å². The van der Waals surface area contributed by atoms with E-state index >= 15 is 0 Å². The molecule has 0 N–H and O–H groups in total. The van der Waals surface area contributed by atoms with Crippen molar-refractivity contribution in [2.75, 3.05) is 6.61 Å². The fourth-order valence-corrected chi connectivity index (χ4v) is 5.26. The van der Waals surface area contributed by atoms with Gasteiger partial charge in [-0.2, -0.15) is 0 Å². The maximum absolute atomic E-state index is 13.9. The van der Waals surface area contributed by atoms with Crippen LogP contribution in [-0.4, -0.2) is 24.9 Å². The second-order valence-corrected chi connectivity index (χ2v) is 11.1. The molecule has 0 spiro atoms. The first-order valence-corrected chi connectivity index (χ1v) is 15.3. The highest BCUT2D eigenvalue weighted by atomic mass is 19.1. The van der Waals surface area contributed by atoms with Crippen LogP contribution in [0, 0.1) is 5.92 Å². The standard InChI is InChI=1S/C34H49FO3/c1-3-5-7-8-9-10-11-12-27-14-18-29(19-15-27)30-20-24-31(25-21-30)37-26-28-16-22-32(23-17-28)38-34(36)33(35)13-6-4-2/h14-15,18-21,24-25,28,32-33H,3-13,16-17,22-23,26H2,1-2H3/t28-,32-,33-/m0/s1. The minimum atomic E-state index is -1.48. The number of hydrogen-bond donors (Lipinski definition) is 0. The molecule has 0 bridgehead atoms. The summed E-state index contributed by atoms with van der Waals surface area (Å²) in [4.78, 5) is 11.9. The monoisotopic (exact) mass is 524 g/mol. The van der Waals surface area contributed by atoms with Crippen LogP contribution < -0.4 is 4.74 Å². The van der Waals surface area contributed by atoms with Gasteiger partial charge in [0.15, 0.2) is 6.17 Å². The highest BCUT2D eigenvalue weighted by Gasteiger charge is 2.27. The Bertz CT molecular complexity index is 900. The van der Waals surface area contributed by atoms with Gasteiger partial charge in [-0.25, -0.2) is 9.18 Å². The van der Waals surface area contributed by atoms with Crippen LogP contribution in [0.1, 0.15) is 109 Å². The maximum atomic E-state index is 13.9. The number of esters is 1. The fourth-order valence-electron chi connectivity index (χ4n) is 5.26. The molecular formula is C34H49FO3. The van der Waals surface area contributed by atoms with Crippen LogP contribution in [0.3, 0.4) is 0 Å². The smallest absolute Gasteiger partial charge is 0.340 e. The molecule has 1 aliphatic rings. The van der Waals surface area contributed by atoms with Gasteiger partial charge in [0, 0.05) is 0 Å². The second-order valence-electron chi connectivity index (χ2n) is 11.1. The van der Waals surface area contributed by atoms with Gasteiger partial charge in [0.05, 0.1) is 6.61 Å². The third-order valence-corrected chi connectivity index (χ3v) is 7.84. The Morgan fingerprint density at radius 2 is 1.37 bits per heavy atom. The zero-order valence-electron chi connectivity index (χ0n) is 23.8. The summed E-state index contributed by atoms with van der Waals surface area (Å²) in [7, 11) is 0. The summed E-state index contributed by atoms with van der Waals surface area (Å²) in [5.41, 5.74) is 3.86. The Morgan fingerprint density at radius 3 is 2.00 bits per heavy atom. The third kappa shape index (κ3) is 10.8. The van der Waals surface area contributed by atoms with Gasteiger partial charge in [-0.05, 0) is 79.7 Å². The summed E-state index contributed by atoms with van der Waals surface area (Å²) in [6.45, 7) is 4.92. The van der Waals surface area contributed by atoms with Gasteiger partial charge >= 0.3 is 5.97 Å². The number of aryl methyl sites for hydroxylation is 1. The molecular weight excluding hydrogens is 475 g/mol. The van der Waals surface area contributed by atoms with Crippen molar-refractivity contribution in [3.05, 3.63) is 54.1 Å². The topological polar surface area (TPSA) is 35.5 Å².